The zero-order valence-electron chi connectivity index (χ0n) is 11.1. The van der Waals surface area contributed by atoms with Gasteiger partial charge in [0.2, 0.25) is 11.8 Å². The normalized spacial score (nSPS) is 21.5. The molecule has 108 valence electrons. The first-order valence-corrected chi connectivity index (χ1v) is 6.88. The Bertz CT molecular complexity index is 749. The topological polar surface area (TPSA) is 98.0 Å². The number of benzene rings is 1. The number of fused-ring (bicyclic) bond motifs is 1. The highest BCUT2D eigenvalue weighted by atomic mass is 35.5. The van der Waals surface area contributed by atoms with Crippen molar-refractivity contribution in [1.82, 2.24) is 15.3 Å². The third-order valence-corrected chi connectivity index (χ3v) is 4.20. The van der Waals surface area contributed by atoms with E-state index in [0.717, 1.165) is 5.56 Å². The van der Waals surface area contributed by atoms with E-state index in [-0.39, 0.29) is 12.3 Å². The van der Waals surface area contributed by atoms with Crippen molar-refractivity contribution >= 4 is 34.3 Å². The first-order chi connectivity index (χ1) is 10.0. The first-order valence-electron chi connectivity index (χ1n) is 6.50. The summed E-state index contributed by atoms with van der Waals surface area (Å²) in [5.74, 6) is -0.918. The summed E-state index contributed by atoms with van der Waals surface area (Å²) in [6, 6.07) is 5.41. The maximum Gasteiger partial charge on any atom is 0.236 e. The van der Waals surface area contributed by atoms with Crippen LogP contribution in [0.1, 0.15) is 12.0 Å². The minimum atomic E-state index is -1.18. The third kappa shape index (κ3) is 2.21. The summed E-state index contributed by atoms with van der Waals surface area (Å²) in [6.07, 6.45) is 2.03. The molecule has 21 heavy (non-hydrogen) atoms. The van der Waals surface area contributed by atoms with Gasteiger partial charge in [-0.15, -0.1) is 0 Å². The van der Waals surface area contributed by atoms with Crippen molar-refractivity contribution in [2.24, 2.45) is 11.1 Å². The van der Waals surface area contributed by atoms with E-state index in [4.69, 9.17) is 17.3 Å². The van der Waals surface area contributed by atoms with Crippen molar-refractivity contribution in [2.45, 2.75) is 12.8 Å². The SMILES string of the molecule is NC(=O)[C@]1(Cc2ccc3ncnc(Cl)c3c2)CCNC1=O. The molecule has 3 N–H and O–H groups in total. The summed E-state index contributed by atoms with van der Waals surface area (Å²) < 4.78 is 0. The van der Waals surface area contributed by atoms with Gasteiger partial charge in [-0.1, -0.05) is 17.7 Å². The molecule has 1 atom stereocenters. The zero-order chi connectivity index (χ0) is 15.0. The molecule has 0 radical (unpaired) electrons. The van der Waals surface area contributed by atoms with Crippen molar-refractivity contribution in [1.29, 1.82) is 0 Å². The summed E-state index contributed by atoms with van der Waals surface area (Å²) in [6.45, 7) is 0.458. The molecule has 6 nitrogen and oxygen atoms in total. The van der Waals surface area contributed by atoms with Gasteiger partial charge in [0.05, 0.1) is 5.52 Å². The lowest BCUT2D eigenvalue weighted by Gasteiger charge is -2.22. The van der Waals surface area contributed by atoms with Crippen molar-refractivity contribution in [3.63, 3.8) is 0 Å². The van der Waals surface area contributed by atoms with Gasteiger partial charge in [0.25, 0.3) is 0 Å². The van der Waals surface area contributed by atoms with Crippen LogP contribution < -0.4 is 11.1 Å². The fraction of sp³-hybridized carbons (Fsp3) is 0.286. The number of carbonyl (C=O) groups is 2. The Balaban J connectivity index is 2.03. The van der Waals surface area contributed by atoms with Crippen LogP contribution in [0.5, 0.6) is 0 Å². The molecule has 1 fully saturated rings. The Morgan fingerprint density at radius 1 is 1.43 bits per heavy atom. The van der Waals surface area contributed by atoms with Crippen LogP contribution in [0.4, 0.5) is 0 Å². The van der Waals surface area contributed by atoms with Crippen molar-refractivity contribution in [2.75, 3.05) is 6.54 Å². The molecular weight excluding hydrogens is 292 g/mol. The minimum Gasteiger partial charge on any atom is -0.369 e. The molecule has 0 saturated carbocycles. The number of rotatable bonds is 3. The molecule has 1 aromatic carbocycles. The fourth-order valence-corrected chi connectivity index (χ4v) is 2.89. The summed E-state index contributed by atoms with van der Waals surface area (Å²) in [5, 5.41) is 3.70. The van der Waals surface area contributed by atoms with Gasteiger partial charge in [-0.25, -0.2) is 9.97 Å². The average molecular weight is 305 g/mol. The van der Waals surface area contributed by atoms with Gasteiger partial charge in [0.1, 0.15) is 16.9 Å². The lowest BCUT2D eigenvalue weighted by molar-refractivity contribution is -0.138. The molecular formula is C14H13ClN4O2. The largest absolute Gasteiger partial charge is 0.369 e. The highest BCUT2D eigenvalue weighted by Gasteiger charge is 2.47. The third-order valence-electron chi connectivity index (χ3n) is 3.90. The van der Waals surface area contributed by atoms with Crippen LogP contribution in [0.25, 0.3) is 10.9 Å². The zero-order valence-corrected chi connectivity index (χ0v) is 11.9. The maximum atomic E-state index is 12.0. The molecule has 2 aromatic rings. The Labute approximate surface area is 125 Å². The number of aromatic nitrogens is 2. The lowest BCUT2D eigenvalue weighted by Crippen LogP contribution is -2.44. The van der Waals surface area contributed by atoms with Crippen molar-refractivity contribution in [3.8, 4) is 0 Å². The number of carbonyl (C=O) groups excluding carboxylic acids is 2. The van der Waals surface area contributed by atoms with E-state index in [1.807, 2.05) is 6.07 Å². The molecule has 1 aliphatic heterocycles. The summed E-state index contributed by atoms with van der Waals surface area (Å²) >= 11 is 6.05. The molecule has 0 spiro atoms. The molecule has 3 rings (SSSR count). The number of primary amides is 1. The molecule has 1 aliphatic rings. The van der Waals surface area contributed by atoms with Gasteiger partial charge in [-0.2, -0.15) is 0 Å². The summed E-state index contributed by atoms with van der Waals surface area (Å²) in [7, 11) is 0. The molecule has 2 amide bonds. The Morgan fingerprint density at radius 2 is 2.24 bits per heavy atom. The molecule has 0 aliphatic carbocycles. The highest BCUT2D eigenvalue weighted by molar-refractivity contribution is 6.34. The quantitative estimate of drug-likeness (QED) is 0.648. The Morgan fingerprint density at radius 3 is 2.90 bits per heavy atom. The number of nitrogens with zero attached hydrogens (tertiary/aromatic N) is 2. The van der Waals surface area contributed by atoms with Gasteiger partial charge in [-0.05, 0) is 30.5 Å². The average Bonchev–Trinajstić information content (AvgIpc) is 2.82. The first kappa shape index (κ1) is 13.8. The number of nitrogens with two attached hydrogens (primary N) is 1. The van der Waals surface area contributed by atoms with Crippen LogP contribution in [0, 0.1) is 5.41 Å². The van der Waals surface area contributed by atoms with Gasteiger partial charge >= 0.3 is 0 Å². The van der Waals surface area contributed by atoms with E-state index in [0.29, 0.717) is 29.0 Å². The smallest absolute Gasteiger partial charge is 0.236 e. The lowest BCUT2D eigenvalue weighted by atomic mass is 9.79. The van der Waals surface area contributed by atoms with Gasteiger partial charge in [0.15, 0.2) is 0 Å². The number of hydrogen-bond acceptors (Lipinski definition) is 4. The van der Waals surface area contributed by atoms with E-state index in [1.54, 1.807) is 12.1 Å². The van der Waals surface area contributed by atoms with Crippen LogP contribution in [0.3, 0.4) is 0 Å². The van der Waals surface area contributed by atoms with Gasteiger partial charge in [-0.3, -0.25) is 9.59 Å². The van der Waals surface area contributed by atoms with Gasteiger partial charge in [0, 0.05) is 11.9 Å². The molecule has 1 saturated heterocycles. The second kappa shape index (κ2) is 4.96. The molecule has 2 heterocycles. The molecule has 1 aromatic heterocycles. The van der Waals surface area contributed by atoms with Crippen LogP contribution in [0.2, 0.25) is 5.15 Å². The predicted molar refractivity (Wildman–Crippen MR) is 77.5 cm³/mol. The second-order valence-corrected chi connectivity index (χ2v) is 5.50. The fourth-order valence-electron chi connectivity index (χ4n) is 2.69. The Hall–Kier alpha value is -2.21. The van der Waals surface area contributed by atoms with Gasteiger partial charge < -0.3 is 11.1 Å². The van der Waals surface area contributed by atoms with E-state index < -0.39 is 11.3 Å². The number of amides is 2. The predicted octanol–water partition coefficient (Wildman–Crippen LogP) is 0.817. The summed E-state index contributed by atoms with van der Waals surface area (Å²) in [4.78, 5) is 31.8. The van der Waals surface area contributed by atoms with E-state index in [9.17, 15) is 9.59 Å². The number of halogens is 1. The van der Waals surface area contributed by atoms with Crippen LogP contribution in [-0.4, -0.2) is 28.3 Å². The Kier molecular flexibility index (Phi) is 3.25. The van der Waals surface area contributed by atoms with E-state index in [2.05, 4.69) is 15.3 Å². The standard InChI is InChI=1S/C14H13ClN4O2/c15-11-9-5-8(1-2-10(9)18-7-19-11)6-14(12(16)20)3-4-17-13(14)21/h1-2,5,7H,3-4,6H2,(H2,16,20)(H,17,21)/t14-/m1/s1. The van der Waals surface area contributed by atoms with Crippen molar-refractivity contribution < 1.29 is 9.59 Å². The molecule has 7 heteroatoms. The van der Waals surface area contributed by atoms with E-state index >= 15 is 0 Å². The number of nitrogens with one attached hydrogen (secondary N) is 1. The number of hydrogen-bond donors (Lipinski definition) is 2. The minimum absolute atomic E-state index is 0.245. The van der Waals surface area contributed by atoms with Crippen LogP contribution in [0.15, 0.2) is 24.5 Å². The van der Waals surface area contributed by atoms with Crippen LogP contribution in [-0.2, 0) is 16.0 Å². The maximum absolute atomic E-state index is 12.0. The molecule has 0 bridgehead atoms. The van der Waals surface area contributed by atoms with E-state index in [1.165, 1.54) is 6.33 Å². The highest BCUT2D eigenvalue weighted by Crippen LogP contribution is 2.32. The molecule has 0 unspecified atom stereocenters. The monoisotopic (exact) mass is 304 g/mol. The van der Waals surface area contributed by atoms with Crippen molar-refractivity contribution in [3.05, 3.63) is 35.2 Å². The second-order valence-electron chi connectivity index (χ2n) is 5.15. The summed E-state index contributed by atoms with van der Waals surface area (Å²) in [5.41, 5.74) is 5.79. The van der Waals surface area contributed by atoms with Crippen LogP contribution >= 0.6 is 11.6 Å².